The van der Waals surface area contributed by atoms with Crippen molar-refractivity contribution in [3.05, 3.63) is 0 Å². The number of carbonyl (C=O) groups is 3. The van der Waals surface area contributed by atoms with Crippen LogP contribution in [0.25, 0.3) is 0 Å². The maximum absolute atomic E-state index is 14.1. The molecule has 9 heteroatoms. The number of ether oxygens (including phenoxy) is 4. The zero-order valence-corrected chi connectivity index (χ0v) is 13.3. The maximum atomic E-state index is 14.1. The van der Waals surface area contributed by atoms with Crippen LogP contribution < -0.4 is 0 Å². The van der Waals surface area contributed by atoms with E-state index in [9.17, 15) is 18.8 Å². The normalized spacial score (nSPS) is 32.1. The van der Waals surface area contributed by atoms with Crippen LogP contribution in [-0.2, 0) is 33.3 Å². The van der Waals surface area contributed by atoms with Crippen molar-refractivity contribution in [2.75, 3.05) is 6.61 Å². The molecule has 0 unspecified atom stereocenters. The number of alkyl halides is 2. The van der Waals surface area contributed by atoms with Gasteiger partial charge in [0.25, 0.3) is 0 Å². The van der Waals surface area contributed by atoms with E-state index in [1.54, 1.807) is 0 Å². The highest BCUT2D eigenvalue weighted by Gasteiger charge is 2.50. The number of carbonyl (C=O) groups excluding carboxylic acids is 3. The summed E-state index contributed by atoms with van der Waals surface area (Å²) < 4.78 is 34.0. The Bertz CT molecular complexity index is 416. The molecule has 0 aromatic rings. The number of esters is 3. The molecule has 0 bridgehead atoms. The highest BCUT2D eigenvalue weighted by atomic mass is 79.9. The van der Waals surface area contributed by atoms with Gasteiger partial charge in [0.1, 0.15) is 17.7 Å². The summed E-state index contributed by atoms with van der Waals surface area (Å²) in [4.78, 5) is 33.1. The summed E-state index contributed by atoms with van der Waals surface area (Å²) in [5, 5.41) is -1.09. The van der Waals surface area contributed by atoms with Gasteiger partial charge < -0.3 is 18.9 Å². The predicted molar refractivity (Wildman–Crippen MR) is 70.2 cm³/mol. The predicted octanol–water partition coefficient (Wildman–Crippen LogP) is 0.871. The SMILES string of the molecule is CC(=O)OC[C@H]1O[C@H](Br)[C@@H](F)[C@@H](OC(C)=O)[C@H]1OC(C)=O. The molecule has 0 radical (unpaired) electrons. The molecule has 120 valence electrons. The summed E-state index contributed by atoms with van der Waals surface area (Å²) >= 11 is 2.96. The summed E-state index contributed by atoms with van der Waals surface area (Å²) in [6, 6.07) is 0. The third kappa shape index (κ3) is 5.24. The summed E-state index contributed by atoms with van der Waals surface area (Å²) in [6.07, 6.45) is -5.27. The van der Waals surface area contributed by atoms with Crippen LogP contribution in [0.3, 0.4) is 0 Å². The van der Waals surface area contributed by atoms with Crippen LogP contribution in [0.5, 0.6) is 0 Å². The van der Waals surface area contributed by atoms with Crippen LogP contribution in [0.2, 0.25) is 0 Å². The molecule has 1 fully saturated rings. The van der Waals surface area contributed by atoms with Gasteiger partial charge in [-0.25, -0.2) is 4.39 Å². The smallest absolute Gasteiger partial charge is 0.303 e. The minimum Gasteiger partial charge on any atom is -0.463 e. The number of halogens is 2. The quantitative estimate of drug-likeness (QED) is 0.412. The van der Waals surface area contributed by atoms with Gasteiger partial charge in [0.05, 0.1) is 0 Å². The van der Waals surface area contributed by atoms with Crippen LogP contribution >= 0.6 is 15.9 Å². The first-order valence-corrected chi connectivity index (χ1v) is 7.05. The molecule has 5 atom stereocenters. The van der Waals surface area contributed by atoms with E-state index in [2.05, 4.69) is 15.9 Å². The van der Waals surface area contributed by atoms with E-state index in [1.165, 1.54) is 6.92 Å². The Morgan fingerprint density at radius 2 is 1.57 bits per heavy atom. The standard InChI is InChI=1S/C12H16BrFO7/c1-5(15)18-4-8-10(19-6(2)16)11(20-7(3)17)9(14)12(13)21-8/h8-12H,4H2,1-3H3/t8-,9+,10+,11-,12+/m1/s1. The third-order valence-corrected chi connectivity index (χ3v) is 3.34. The largest absolute Gasteiger partial charge is 0.463 e. The highest BCUT2D eigenvalue weighted by Crippen LogP contribution is 2.31. The molecule has 1 aliphatic rings. The van der Waals surface area contributed by atoms with Crippen LogP contribution in [0.4, 0.5) is 4.39 Å². The number of rotatable bonds is 4. The van der Waals surface area contributed by atoms with Crippen LogP contribution in [-0.4, -0.2) is 54.0 Å². The lowest BCUT2D eigenvalue weighted by Gasteiger charge is -2.40. The highest BCUT2D eigenvalue weighted by molar-refractivity contribution is 9.09. The second-order valence-corrected chi connectivity index (χ2v) is 5.32. The molecular weight excluding hydrogens is 355 g/mol. The Morgan fingerprint density at radius 3 is 2.05 bits per heavy atom. The van der Waals surface area contributed by atoms with E-state index < -0.39 is 47.4 Å². The average Bonchev–Trinajstić information content (AvgIpc) is 2.35. The van der Waals surface area contributed by atoms with Crippen molar-refractivity contribution >= 4 is 33.8 Å². The fourth-order valence-electron chi connectivity index (χ4n) is 1.85. The number of hydrogen-bond acceptors (Lipinski definition) is 7. The lowest BCUT2D eigenvalue weighted by molar-refractivity contribution is -0.220. The molecule has 1 aliphatic heterocycles. The van der Waals surface area contributed by atoms with Crippen LogP contribution in [0.15, 0.2) is 0 Å². The number of hydrogen-bond donors (Lipinski definition) is 0. The van der Waals surface area contributed by atoms with Crippen molar-refractivity contribution in [2.24, 2.45) is 0 Å². The lowest BCUT2D eigenvalue weighted by Crippen LogP contribution is -2.58. The molecule has 0 aromatic carbocycles. The first-order valence-electron chi connectivity index (χ1n) is 6.13. The van der Waals surface area contributed by atoms with Gasteiger partial charge in [0, 0.05) is 20.8 Å². The fraction of sp³-hybridized carbons (Fsp3) is 0.750. The molecule has 1 rings (SSSR count). The Labute approximate surface area is 129 Å². The zero-order valence-electron chi connectivity index (χ0n) is 11.7. The van der Waals surface area contributed by atoms with E-state index >= 15 is 0 Å². The average molecular weight is 371 g/mol. The van der Waals surface area contributed by atoms with Crippen molar-refractivity contribution in [1.29, 1.82) is 0 Å². The van der Waals surface area contributed by atoms with Gasteiger partial charge in [0.2, 0.25) is 0 Å². The van der Waals surface area contributed by atoms with Gasteiger partial charge in [0.15, 0.2) is 18.4 Å². The molecule has 0 amide bonds. The zero-order chi connectivity index (χ0) is 16.2. The van der Waals surface area contributed by atoms with Gasteiger partial charge in [-0.3, -0.25) is 14.4 Å². The fourth-order valence-corrected chi connectivity index (χ4v) is 2.43. The molecule has 1 saturated heterocycles. The van der Waals surface area contributed by atoms with Crippen molar-refractivity contribution in [2.45, 2.75) is 50.3 Å². The van der Waals surface area contributed by atoms with E-state index in [0.29, 0.717) is 0 Å². The molecular formula is C12H16BrFO7. The van der Waals surface area contributed by atoms with E-state index in [1.807, 2.05) is 0 Å². The minimum atomic E-state index is -1.74. The first kappa shape index (κ1) is 17.8. The molecule has 0 aliphatic carbocycles. The van der Waals surface area contributed by atoms with Crippen molar-refractivity contribution in [3.63, 3.8) is 0 Å². The van der Waals surface area contributed by atoms with Gasteiger partial charge in [-0.1, -0.05) is 15.9 Å². The van der Waals surface area contributed by atoms with Gasteiger partial charge in [-0.2, -0.15) is 0 Å². The molecule has 0 spiro atoms. The third-order valence-electron chi connectivity index (χ3n) is 2.61. The molecule has 0 N–H and O–H groups in total. The summed E-state index contributed by atoms with van der Waals surface area (Å²) in [5.41, 5.74) is 0. The Morgan fingerprint density at radius 1 is 1.05 bits per heavy atom. The van der Waals surface area contributed by atoms with Crippen LogP contribution in [0.1, 0.15) is 20.8 Å². The molecule has 1 heterocycles. The molecule has 7 nitrogen and oxygen atoms in total. The first-order chi connectivity index (χ1) is 9.72. The van der Waals surface area contributed by atoms with Crippen LogP contribution in [0, 0.1) is 0 Å². The minimum absolute atomic E-state index is 0.264. The maximum Gasteiger partial charge on any atom is 0.303 e. The van der Waals surface area contributed by atoms with E-state index in [-0.39, 0.29) is 6.61 Å². The van der Waals surface area contributed by atoms with Gasteiger partial charge in [-0.15, -0.1) is 0 Å². The van der Waals surface area contributed by atoms with Crippen molar-refractivity contribution < 1.29 is 37.7 Å². The molecule has 21 heavy (non-hydrogen) atoms. The van der Waals surface area contributed by atoms with Crippen molar-refractivity contribution in [1.82, 2.24) is 0 Å². The Hall–Kier alpha value is -1.22. The van der Waals surface area contributed by atoms with Gasteiger partial charge >= 0.3 is 17.9 Å². The monoisotopic (exact) mass is 370 g/mol. The lowest BCUT2D eigenvalue weighted by atomic mass is 10.0. The van der Waals surface area contributed by atoms with Gasteiger partial charge in [-0.05, 0) is 0 Å². The second kappa shape index (κ2) is 7.69. The second-order valence-electron chi connectivity index (χ2n) is 4.42. The van der Waals surface area contributed by atoms with E-state index in [0.717, 1.165) is 13.8 Å². The van der Waals surface area contributed by atoms with Crippen molar-refractivity contribution in [3.8, 4) is 0 Å². The van der Waals surface area contributed by atoms with E-state index in [4.69, 9.17) is 18.9 Å². The molecule has 0 aromatic heterocycles. The summed E-state index contributed by atoms with van der Waals surface area (Å²) in [5.74, 6) is -2.00. The summed E-state index contributed by atoms with van der Waals surface area (Å²) in [7, 11) is 0. The Balaban J connectivity index is 2.94. The topological polar surface area (TPSA) is 88.1 Å². The molecule has 0 saturated carbocycles. The summed E-state index contributed by atoms with van der Waals surface area (Å²) in [6.45, 7) is 3.16. The Kier molecular flexibility index (Phi) is 6.53.